The molecule has 0 atom stereocenters. The molecule has 2 aromatic rings. The van der Waals surface area contributed by atoms with Crippen molar-refractivity contribution in [1.82, 2.24) is 20.7 Å². The van der Waals surface area contributed by atoms with E-state index in [0.717, 1.165) is 74.0 Å². The quantitative estimate of drug-likeness (QED) is 0.589. The number of hydrogen-bond donors (Lipinski definition) is 2. The molecule has 0 unspecified atom stereocenters. The van der Waals surface area contributed by atoms with E-state index in [1.54, 1.807) is 7.05 Å². The number of likely N-dealkylation sites (tertiary alicyclic amines) is 1. The second kappa shape index (κ2) is 9.68. The third-order valence-electron chi connectivity index (χ3n) is 5.32. The number of nitrogens with zero attached hydrogens (tertiary/aromatic N) is 3. The highest BCUT2D eigenvalue weighted by atomic mass is 19.1. The Kier molecular flexibility index (Phi) is 7.03. The highest BCUT2D eigenvalue weighted by Gasteiger charge is 2.20. The van der Waals surface area contributed by atoms with E-state index in [2.05, 4.69) is 25.7 Å². The molecule has 6 nitrogen and oxygen atoms in total. The number of piperidine rings is 1. The summed E-state index contributed by atoms with van der Waals surface area (Å²) >= 11 is 0. The topological polar surface area (TPSA) is 65.7 Å². The maximum absolute atomic E-state index is 13.0. The zero-order valence-electron chi connectivity index (χ0n) is 17.0. The summed E-state index contributed by atoms with van der Waals surface area (Å²) in [5, 5.41) is 10.9. The number of aryl methyl sites for hydroxylation is 2. The monoisotopic (exact) mass is 387 g/mol. The lowest BCUT2D eigenvalue weighted by molar-refractivity contribution is 0.198. The lowest BCUT2D eigenvalue weighted by Crippen LogP contribution is -2.48. The maximum Gasteiger partial charge on any atom is 0.191 e. The van der Waals surface area contributed by atoms with Crippen molar-refractivity contribution in [1.29, 1.82) is 0 Å². The smallest absolute Gasteiger partial charge is 0.191 e. The fourth-order valence-electron chi connectivity index (χ4n) is 3.64. The molecule has 28 heavy (non-hydrogen) atoms. The third-order valence-corrected chi connectivity index (χ3v) is 5.32. The molecule has 0 spiro atoms. The molecular weight excluding hydrogens is 357 g/mol. The van der Waals surface area contributed by atoms with Crippen molar-refractivity contribution in [3.8, 4) is 0 Å². The van der Waals surface area contributed by atoms with Crippen molar-refractivity contribution in [3.05, 3.63) is 52.7 Å². The van der Waals surface area contributed by atoms with Crippen LogP contribution in [0.4, 0.5) is 4.39 Å². The molecule has 1 aliphatic rings. The molecule has 1 fully saturated rings. The fraction of sp³-hybridized carbons (Fsp3) is 0.524. The number of aromatic nitrogens is 1. The number of benzene rings is 1. The standard InChI is InChI=1S/C21H30FN5O/c1-15-20(16(2)28-26-15)8-11-24-21(23-3)25-19-9-12-27(13-10-19)14-17-4-6-18(22)7-5-17/h4-7,19H,8-14H2,1-3H3,(H2,23,24,25). The predicted molar refractivity (Wildman–Crippen MR) is 109 cm³/mol. The molecule has 0 radical (unpaired) electrons. The molecular formula is C21H30FN5O. The number of guanidine groups is 1. The van der Waals surface area contributed by atoms with Crippen molar-refractivity contribution in [3.63, 3.8) is 0 Å². The van der Waals surface area contributed by atoms with E-state index in [9.17, 15) is 4.39 Å². The molecule has 0 bridgehead atoms. The molecule has 0 saturated carbocycles. The normalized spacial score (nSPS) is 16.4. The summed E-state index contributed by atoms with van der Waals surface area (Å²) in [7, 11) is 1.80. The minimum absolute atomic E-state index is 0.181. The van der Waals surface area contributed by atoms with Crippen LogP contribution < -0.4 is 10.6 Å². The summed E-state index contributed by atoms with van der Waals surface area (Å²) in [6.45, 7) is 7.61. The lowest BCUT2D eigenvalue weighted by atomic mass is 10.0. The Balaban J connectivity index is 1.39. The summed E-state index contributed by atoms with van der Waals surface area (Å²) < 4.78 is 18.2. The van der Waals surface area contributed by atoms with Gasteiger partial charge in [-0.25, -0.2) is 4.39 Å². The molecule has 2 heterocycles. The van der Waals surface area contributed by atoms with E-state index in [4.69, 9.17) is 4.52 Å². The summed E-state index contributed by atoms with van der Waals surface area (Å²) in [5.41, 5.74) is 3.28. The van der Waals surface area contributed by atoms with Crippen molar-refractivity contribution in [2.45, 2.75) is 45.7 Å². The van der Waals surface area contributed by atoms with Gasteiger partial charge in [0.15, 0.2) is 5.96 Å². The molecule has 1 aliphatic heterocycles. The van der Waals surface area contributed by atoms with Gasteiger partial charge in [-0.1, -0.05) is 17.3 Å². The van der Waals surface area contributed by atoms with Gasteiger partial charge < -0.3 is 15.2 Å². The van der Waals surface area contributed by atoms with Crippen LogP contribution in [0, 0.1) is 19.7 Å². The van der Waals surface area contributed by atoms with Gasteiger partial charge in [0.25, 0.3) is 0 Å². The summed E-state index contributed by atoms with van der Waals surface area (Å²) in [4.78, 5) is 6.76. The number of halogens is 1. The number of rotatable bonds is 6. The van der Waals surface area contributed by atoms with Crippen LogP contribution in [-0.4, -0.2) is 48.7 Å². The second-order valence-electron chi connectivity index (χ2n) is 7.37. The van der Waals surface area contributed by atoms with Crippen LogP contribution in [0.25, 0.3) is 0 Å². The Bertz CT molecular complexity index is 759. The fourth-order valence-corrected chi connectivity index (χ4v) is 3.64. The Morgan fingerprint density at radius 1 is 1.25 bits per heavy atom. The average Bonchev–Trinajstić information content (AvgIpc) is 3.02. The van der Waals surface area contributed by atoms with Crippen LogP contribution in [0.15, 0.2) is 33.8 Å². The lowest BCUT2D eigenvalue weighted by Gasteiger charge is -2.33. The first-order valence-electron chi connectivity index (χ1n) is 9.91. The van der Waals surface area contributed by atoms with Gasteiger partial charge in [0.2, 0.25) is 0 Å². The van der Waals surface area contributed by atoms with E-state index >= 15 is 0 Å². The summed E-state index contributed by atoms with van der Waals surface area (Å²) in [5.74, 6) is 1.54. The SMILES string of the molecule is CN=C(NCCc1c(C)noc1C)NC1CCN(Cc2ccc(F)cc2)CC1. The molecule has 1 saturated heterocycles. The van der Waals surface area contributed by atoms with Crippen LogP contribution in [0.5, 0.6) is 0 Å². The molecule has 0 amide bonds. The Labute approximate surface area is 166 Å². The Morgan fingerprint density at radius 3 is 2.57 bits per heavy atom. The average molecular weight is 388 g/mol. The van der Waals surface area contributed by atoms with Gasteiger partial charge in [0.1, 0.15) is 11.6 Å². The first-order chi connectivity index (χ1) is 13.5. The van der Waals surface area contributed by atoms with Gasteiger partial charge in [-0.2, -0.15) is 0 Å². The molecule has 7 heteroatoms. The zero-order valence-corrected chi connectivity index (χ0v) is 17.0. The molecule has 3 rings (SSSR count). The Hall–Kier alpha value is -2.41. The molecule has 1 aromatic carbocycles. The van der Waals surface area contributed by atoms with E-state index in [1.165, 1.54) is 12.1 Å². The number of hydrogen-bond acceptors (Lipinski definition) is 4. The molecule has 2 N–H and O–H groups in total. The van der Waals surface area contributed by atoms with Gasteiger partial charge in [-0.15, -0.1) is 0 Å². The summed E-state index contributed by atoms with van der Waals surface area (Å²) in [6, 6.07) is 7.20. The van der Waals surface area contributed by atoms with Crippen LogP contribution >= 0.6 is 0 Å². The zero-order chi connectivity index (χ0) is 19.9. The van der Waals surface area contributed by atoms with Gasteiger partial charge in [-0.3, -0.25) is 9.89 Å². The van der Waals surface area contributed by atoms with Crippen LogP contribution in [0.1, 0.15) is 35.4 Å². The van der Waals surface area contributed by atoms with E-state index < -0.39 is 0 Å². The third kappa shape index (κ3) is 5.55. The highest BCUT2D eigenvalue weighted by Crippen LogP contribution is 2.15. The van der Waals surface area contributed by atoms with Gasteiger partial charge in [0, 0.05) is 44.8 Å². The van der Waals surface area contributed by atoms with Crippen molar-refractivity contribution >= 4 is 5.96 Å². The number of nitrogens with one attached hydrogen (secondary N) is 2. The molecule has 1 aromatic heterocycles. The van der Waals surface area contributed by atoms with Crippen molar-refractivity contribution in [2.24, 2.45) is 4.99 Å². The van der Waals surface area contributed by atoms with E-state index in [-0.39, 0.29) is 5.82 Å². The van der Waals surface area contributed by atoms with Crippen molar-refractivity contribution in [2.75, 3.05) is 26.7 Å². The molecule has 0 aliphatic carbocycles. The van der Waals surface area contributed by atoms with E-state index in [0.29, 0.717) is 6.04 Å². The Morgan fingerprint density at radius 2 is 1.96 bits per heavy atom. The first-order valence-corrected chi connectivity index (χ1v) is 9.91. The number of aliphatic imine (C=N–C) groups is 1. The first kappa shape index (κ1) is 20.3. The highest BCUT2D eigenvalue weighted by molar-refractivity contribution is 5.79. The maximum atomic E-state index is 13.0. The summed E-state index contributed by atoms with van der Waals surface area (Å²) in [6.07, 6.45) is 2.98. The minimum Gasteiger partial charge on any atom is -0.361 e. The largest absolute Gasteiger partial charge is 0.361 e. The van der Waals surface area contributed by atoms with Crippen molar-refractivity contribution < 1.29 is 8.91 Å². The minimum atomic E-state index is -0.181. The van der Waals surface area contributed by atoms with Crippen LogP contribution in [0.2, 0.25) is 0 Å². The van der Waals surface area contributed by atoms with Gasteiger partial charge >= 0.3 is 0 Å². The second-order valence-corrected chi connectivity index (χ2v) is 7.37. The van der Waals surface area contributed by atoms with Gasteiger partial charge in [-0.05, 0) is 50.8 Å². The van der Waals surface area contributed by atoms with Gasteiger partial charge in [0.05, 0.1) is 5.69 Å². The van der Waals surface area contributed by atoms with Crippen LogP contribution in [0.3, 0.4) is 0 Å². The van der Waals surface area contributed by atoms with Crippen LogP contribution in [-0.2, 0) is 13.0 Å². The predicted octanol–water partition coefficient (Wildman–Crippen LogP) is 2.80. The van der Waals surface area contributed by atoms with E-state index in [1.807, 2.05) is 26.0 Å². The molecule has 152 valence electrons.